The molecule has 1 aliphatic rings. The minimum Gasteiger partial charge on any atom is -0.337 e. The van der Waals surface area contributed by atoms with Crippen LogP contribution in [-0.4, -0.2) is 34.4 Å². The Bertz CT molecular complexity index is 431. The van der Waals surface area contributed by atoms with Crippen molar-refractivity contribution in [2.75, 3.05) is 6.54 Å². The van der Waals surface area contributed by atoms with E-state index in [0.717, 1.165) is 18.5 Å². The van der Waals surface area contributed by atoms with E-state index >= 15 is 0 Å². The third-order valence-electron chi connectivity index (χ3n) is 3.33. The second kappa shape index (κ2) is 5.48. The van der Waals surface area contributed by atoms with Crippen LogP contribution in [0.25, 0.3) is 0 Å². The van der Waals surface area contributed by atoms with E-state index < -0.39 is 0 Å². The summed E-state index contributed by atoms with van der Waals surface area (Å²) in [5.41, 5.74) is 2.33. The van der Waals surface area contributed by atoms with Gasteiger partial charge >= 0.3 is 0 Å². The predicted octanol–water partition coefficient (Wildman–Crippen LogP) is 1.49. The minimum absolute atomic E-state index is 0.00727. The lowest BCUT2D eigenvalue weighted by Crippen LogP contribution is -2.41. The number of amides is 1. The van der Waals surface area contributed by atoms with E-state index in [1.807, 2.05) is 24.1 Å². The number of aryl methyl sites for hydroxylation is 1. The molecule has 1 N–H and O–H groups in total. The van der Waals surface area contributed by atoms with Crippen LogP contribution in [0.1, 0.15) is 31.4 Å². The normalized spacial score (nSPS) is 19.9. The van der Waals surface area contributed by atoms with Gasteiger partial charge in [0, 0.05) is 31.5 Å². The summed E-state index contributed by atoms with van der Waals surface area (Å²) in [5.74, 6) is 0.222. The van der Waals surface area contributed by atoms with Crippen LogP contribution in [-0.2, 0) is 11.3 Å². The summed E-state index contributed by atoms with van der Waals surface area (Å²) in [7, 11) is 0. The highest BCUT2D eigenvalue weighted by atomic mass is 16.2. The first-order valence-electron chi connectivity index (χ1n) is 6.52. The number of aromatic nitrogens is 1. The number of hydrogen-bond donors (Lipinski definition) is 1. The van der Waals surface area contributed by atoms with E-state index in [1.165, 1.54) is 5.56 Å². The summed E-state index contributed by atoms with van der Waals surface area (Å²) in [6, 6.07) is 2.33. The number of nitrogens with one attached hydrogen (secondary N) is 1. The summed E-state index contributed by atoms with van der Waals surface area (Å²) < 4.78 is 0. The van der Waals surface area contributed by atoms with Gasteiger partial charge in [-0.25, -0.2) is 0 Å². The summed E-state index contributed by atoms with van der Waals surface area (Å²) in [6.07, 6.45) is 4.54. The van der Waals surface area contributed by atoms with Crippen LogP contribution in [0.5, 0.6) is 0 Å². The Hall–Kier alpha value is -1.42. The van der Waals surface area contributed by atoms with E-state index in [9.17, 15) is 4.79 Å². The van der Waals surface area contributed by atoms with Gasteiger partial charge in [-0.1, -0.05) is 13.8 Å². The number of rotatable bonds is 4. The van der Waals surface area contributed by atoms with Gasteiger partial charge in [0.25, 0.3) is 0 Å². The maximum absolute atomic E-state index is 12.2. The molecule has 1 amide bonds. The first-order chi connectivity index (χ1) is 8.58. The Morgan fingerprint density at radius 3 is 3.00 bits per heavy atom. The van der Waals surface area contributed by atoms with Crippen molar-refractivity contribution in [3.05, 3.63) is 29.6 Å². The molecule has 1 saturated heterocycles. The molecule has 0 aliphatic carbocycles. The van der Waals surface area contributed by atoms with Crippen LogP contribution in [0.3, 0.4) is 0 Å². The third kappa shape index (κ3) is 2.88. The van der Waals surface area contributed by atoms with Crippen molar-refractivity contribution in [1.29, 1.82) is 0 Å². The van der Waals surface area contributed by atoms with Crippen LogP contribution in [0.2, 0.25) is 0 Å². The second-order valence-corrected chi connectivity index (χ2v) is 5.22. The highest BCUT2D eigenvalue weighted by Crippen LogP contribution is 2.17. The maximum atomic E-state index is 12.2. The molecule has 18 heavy (non-hydrogen) atoms. The number of nitrogens with zero attached hydrogens (tertiary/aromatic N) is 2. The highest BCUT2D eigenvalue weighted by Gasteiger charge is 2.31. The summed E-state index contributed by atoms with van der Waals surface area (Å²) in [4.78, 5) is 18.2. The van der Waals surface area contributed by atoms with Crippen LogP contribution in [0.4, 0.5) is 0 Å². The molecule has 4 nitrogen and oxygen atoms in total. The van der Waals surface area contributed by atoms with E-state index in [4.69, 9.17) is 0 Å². The number of carbonyl (C=O) groups excluding carboxylic acids is 1. The van der Waals surface area contributed by atoms with E-state index in [-0.39, 0.29) is 11.9 Å². The fraction of sp³-hybridized carbons (Fsp3) is 0.571. The fourth-order valence-electron chi connectivity index (χ4n) is 2.34. The van der Waals surface area contributed by atoms with Gasteiger partial charge in [0.2, 0.25) is 5.91 Å². The van der Waals surface area contributed by atoms with Crippen molar-refractivity contribution in [3.63, 3.8) is 0 Å². The van der Waals surface area contributed by atoms with E-state index in [2.05, 4.69) is 24.1 Å². The molecule has 0 aromatic carbocycles. The second-order valence-electron chi connectivity index (χ2n) is 5.22. The molecule has 1 unspecified atom stereocenters. The summed E-state index contributed by atoms with van der Waals surface area (Å²) in [5, 5.41) is 3.32. The maximum Gasteiger partial charge on any atom is 0.240 e. The van der Waals surface area contributed by atoms with Crippen molar-refractivity contribution < 1.29 is 4.79 Å². The number of likely N-dealkylation sites (tertiary alicyclic amines) is 1. The Morgan fingerprint density at radius 2 is 2.33 bits per heavy atom. The van der Waals surface area contributed by atoms with Gasteiger partial charge in [-0.05, 0) is 30.5 Å². The molecule has 0 radical (unpaired) electrons. The third-order valence-corrected chi connectivity index (χ3v) is 3.33. The standard InChI is InChI=1S/C14H21N3O/c1-10(2)16-13-5-7-17(14(13)18)9-12-4-6-15-8-11(12)3/h4,6,8,10,13,16H,5,7,9H2,1-3H3. The Morgan fingerprint density at radius 1 is 1.56 bits per heavy atom. The Balaban J connectivity index is 2.00. The smallest absolute Gasteiger partial charge is 0.240 e. The quantitative estimate of drug-likeness (QED) is 0.876. The molecule has 98 valence electrons. The molecule has 0 spiro atoms. The number of pyridine rings is 1. The van der Waals surface area contributed by atoms with Crippen molar-refractivity contribution in [3.8, 4) is 0 Å². The Kier molecular flexibility index (Phi) is 3.97. The number of carbonyl (C=O) groups is 1. The monoisotopic (exact) mass is 247 g/mol. The molecule has 0 saturated carbocycles. The van der Waals surface area contributed by atoms with Gasteiger partial charge in [-0.2, -0.15) is 0 Å². The molecule has 0 bridgehead atoms. The molecule has 1 aromatic rings. The summed E-state index contributed by atoms with van der Waals surface area (Å²) >= 11 is 0. The molecule has 2 rings (SSSR count). The lowest BCUT2D eigenvalue weighted by molar-refractivity contribution is -0.130. The molecule has 1 aromatic heterocycles. The zero-order valence-corrected chi connectivity index (χ0v) is 11.3. The first kappa shape index (κ1) is 13.0. The van der Waals surface area contributed by atoms with Crippen molar-refractivity contribution >= 4 is 5.91 Å². The van der Waals surface area contributed by atoms with Crippen LogP contribution < -0.4 is 5.32 Å². The molecular weight excluding hydrogens is 226 g/mol. The van der Waals surface area contributed by atoms with E-state index in [1.54, 1.807) is 6.20 Å². The van der Waals surface area contributed by atoms with Crippen LogP contribution >= 0.6 is 0 Å². The SMILES string of the molecule is Cc1cnccc1CN1CCC(NC(C)C)C1=O. The molecule has 1 atom stereocenters. The largest absolute Gasteiger partial charge is 0.337 e. The molecular formula is C14H21N3O. The molecule has 1 fully saturated rings. The van der Waals surface area contributed by atoms with Gasteiger partial charge in [-0.15, -0.1) is 0 Å². The first-order valence-corrected chi connectivity index (χ1v) is 6.52. The predicted molar refractivity (Wildman–Crippen MR) is 71.1 cm³/mol. The van der Waals surface area contributed by atoms with Crippen molar-refractivity contribution in [2.24, 2.45) is 0 Å². The van der Waals surface area contributed by atoms with Crippen molar-refractivity contribution in [2.45, 2.75) is 45.8 Å². The zero-order chi connectivity index (χ0) is 13.1. The van der Waals surface area contributed by atoms with E-state index in [0.29, 0.717) is 12.6 Å². The molecule has 2 heterocycles. The zero-order valence-electron chi connectivity index (χ0n) is 11.3. The molecule has 1 aliphatic heterocycles. The topological polar surface area (TPSA) is 45.2 Å². The van der Waals surface area contributed by atoms with Gasteiger partial charge in [0.05, 0.1) is 6.04 Å². The van der Waals surface area contributed by atoms with Gasteiger partial charge in [0.15, 0.2) is 0 Å². The lowest BCUT2D eigenvalue weighted by Gasteiger charge is -2.19. The minimum atomic E-state index is -0.00727. The number of hydrogen-bond acceptors (Lipinski definition) is 3. The van der Waals surface area contributed by atoms with Gasteiger partial charge in [0.1, 0.15) is 0 Å². The van der Waals surface area contributed by atoms with Gasteiger partial charge in [-0.3, -0.25) is 9.78 Å². The lowest BCUT2D eigenvalue weighted by atomic mass is 10.1. The van der Waals surface area contributed by atoms with Crippen LogP contribution in [0, 0.1) is 6.92 Å². The highest BCUT2D eigenvalue weighted by molar-refractivity contribution is 5.84. The van der Waals surface area contributed by atoms with Crippen LogP contribution in [0.15, 0.2) is 18.5 Å². The van der Waals surface area contributed by atoms with Gasteiger partial charge < -0.3 is 10.2 Å². The average Bonchev–Trinajstić information content (AvgIpc) is 2.64. The Labute approximate surface area is 108 Å². The molecule has 4 heteroatoms. The summed E-state index contributed by atoms with van der Waals surface area (Å²) in [6.45, 7) is 7.72. The average molecular weight is 247 g/mol. The van der Waals surface area contributed by atoms with Crippen molar-refractivity contribution in [1.82, 2.24) is 15.2 Å². The fourth-order valence-corrected chi connectivity index (χ4v) is 2.34.